The maximum absolute atomic E-state index is 14.1. The smallest absolute Gasteiger partial charge is 0.354 e. The van der Waals surface area contributed by atoms with E-state index in [1.165, 1.54) is 17.4 Å². The molecule has 3 rings (SSSR count). The van der Waals surface area contributed by atoms with E-state index in [2.05, 4.69) is 10.3 Å². The predicted octanol–water partition coefficient (Wildman–Crippen LogP) is 3.18. The number of anilines is 1. The molecule has 3 aromatic rings. The van der Waals surface area contributed by atoms with Crippen molar-refractivity contribution in [2.24, 2.45) is 0 Å². The second-order valence-electron chi connectivity index (χ2n) is 4.52. The molecule has 22 heavy (non-hydrogen) atoms. The van der Waals surface area contributed by atoms with Crippen LogP contribution >= 0.6 is 11.3 Å². The van der Waals surface area contributed by atoms with Crippen LogP contribution in [-0.4, -0.2) is 9.55 Å². The van der Waals surface area contributed by atoms with Gasteiger partial charge in [-0.3, -0.25) is 4.57 Å². The highest BCUT2D eigenvalue weighted by atomic mass is 32.1. The standard InChI is InChI=1S/C15H11F2N3OS/c16-12-4-2-1-3-10(12)7-18-14-13(17)8-20(15(21)19-14)11-5-6-22-9-11/h1-6,8-9H,7H2,(H,18,19,21). The van der Waals surface area contributed by atoms with Crippen molar-refractivity contribution in [3.8, 4) is 5.69 Å². The highest BCUT2D eigenvalue weighted by Gasteiger charge is 2.10. The molecule has 112 valence electrons. The topological polar surface area (TPSA) is 46.9 Å². The van der Waals surface area contributed by atoms with Gasteiger partial charge in [0.1, 0.15) is 5.82 Å². The van der Waals surface area contributed by atoms with Gasteiger partial charge in [-0.05, 0) is 17.5 Å². The Balaban J connectivity index is 1.85. The van der Waals surface area contributed by atoms with E-state index in [-0.39, 0.29) is 12.4 Å². The lowest BCUT2D eigenvalue weighted by atomic mass is 10.2. The summed E-state index contributed by atoms with van der Waals surface area (Å²) >= 11 is 1.40. The van der Waals surface area contributed by atoms with Crippen molar-refractivity contribution in [2.75, 3.05) is 5.32 Å². The number of thiophene rings is 1. The minimum Gasteiger partial charge on any atom is -0.363 e. The molecule has 0 atom stereocenters. The summed E-state index contributed by atoms with van der Waals surface area (Å²) < 4.78 is 28.7. The maximum Gasteiger partial charge on any atom is 0.354 e. The first-order chi connectivity index (χ1) is 10.6. The lowest BCUT2D eigenvalue weighted by Crippen LogP contribution is -2.23. The molecule has 4 nitrogen and oxygen atoms in total. The number of nitrogens with zero attached hydrogens (tertiary/aromatic N) is 2. The fourth-order valence-corrected chi connectivity index (χ4v) is 2.58. The second-order valence-corrected chi connectivity index (χ2v) is 5.30. The fourth-order valence-electron chi connectivity index (χ4n) is 1.96. The summed E-state index contributed by atoms with van der Waals surface area (Å²) in [5.74, 6) is -1.27. The molecule has 1 N–H and O–H groups in total. The molecule has 0 bridgehead atoms. The number of hydrogen-bond donors (Lipinski definition) is 1. The summed E-state index contributed by atoms with van der Waals surface area (Å²) in [6, 6.07) is 7.83. The van der Waals surface area contributed by atoms with Crippen molar-refractivity contribution in [2.45, 2.75) is 6.54 Å². The molecule has 2 heterocycles. The van der Waals surface area contributed by atoms with Crippen LogP contribution in [0.4, 0.5) is 14.6 Å². The van der Waals surface area contributed by atoms with E-state index in [0.717, 1.165) is 10.8 Å². The predicted molar refractivity (Wildman–Crippen MR) is 81.4 cm³/mol. The zero-order chi connectivity index (χ0) is 15.5. The van der Waals surface area contributed by atoms with Crippen LogP contribution in [0.5, 0.6) is 0 Å². The maximum atomic E-state index is 14.1. The molecule has 0 aliphatic carbocycles. The molecule has 0 aliphatic heterocycles. The zero-order valence-electron chi connectivity index (χ0n) is 11.3. The molecule has 2 aromatic heterocycles. The van der Waals surface area contributed by atoms with Crippen molar-refractivity contribution < 1.29 is 8.78 Å². The Hall–Kier alpha value is -2.54. The van der Waals surface area contributed by atoms with Crippen LogP contribution < -0.4 is 11.0 Å². The number of nitrogens with one attached hydrogen (secondary N) is 1. The Kier molecular flexibility index (Phi) is 3.97. The quantitative estimate of drug-likeness (QED) is 0.803. The lowest BCUT2D eigenvalue weighted by Gasteiger charge is -2.09. The number of hydrogen-bond acceptors (Lipinski definition) is 4. The molecule has 0 saturated carbocycles. The number of rotatable bonds is 4. The average Bonchev–Trinajstić information content (AvgIpc) is 3.03. The van der Waals surface area contributed by atoms with Gasteiger partial charge in [0.05, 0.1) is 11.9 Å². The van der Waals surface area contributed by atoms with E-state index in [9.17, 15) is 13.6 Å². The third-order valence-electron chi connectivity index (χ3n) is 3.07. The summed E-state index contributed by atoms with van der Waals surface area (Å²) in [5.41, 5.74) is 0.323. The molecule has 0 fully saturated rings. The van der Waals surface area contributed by atoms with Gasteiger partial charge in [-0.15, -0.1) is 0 Å². The third kappa shape index (κ3) is 2.89. The second kappa shape index (κ2) is 6.07. The van der Waals surface area contributed by atoms with Crippen molar-refractivity contribution >= 4 is 17.2 Å². The van der Waals surface area contributed by atoms with Crippen LogP contribution in [0, 0.1) is 11.6 Å². The first-order valence-electron chi connectivity index (χ1n) is 6.44. The Labute approximate surface area is 128 Å². The molecule has 0 unspecified atom stereocenters. The van der Waals surface area contributed by atoms with E-state index in [1.54, 1.807) is 35.0 Å². The number of benzene rings is 1. The van der Waals surface area contributed by atoms with Gasteiger partial charge < -0.3 is 5.32 Å². The molecule has 0 spiro atoms. The van der Waals surface area contributed by atoms with Gasteiger partial charge in [-0.1, -0.05) is 18.2 Å². The monoisotopic (exact) mass is 319 g/mol. The van der Waals surface area contributed by atoms with Crippen molar-refractivity contribution in [1.82, 2.24) is 9.55 Å². The van der Waals surface area contributed by atoms with E-state index in [0.29, 0.717) is 11.3 Å². The molecule has 0 aliphatic rings. The zero-order valence-corrected chi connectivity index (χ0v) is 12.1. The van der Waals surface area contributed by atoms with Crippen LogP contribution in [0.2, 0.25) is 0 Å². The molecule has 1 aromatic carbocycles. The average molecular weight is 319 g/mol. The molecule has 7 heteroatoms. The van der Waals surface area contributed by atoms with E-state index < -0.39 is 17.3 Å². The lowest BCUT2D eigenvalue weighted by molar-refractivity contribution is 0.599. The normalized spacial score (nSPS) is 10.6. The van der Waals surface area contributed by atoms with Crippen LogP contribution in [0.1, 0.15) is 5.56 Å². The summed E-state index contributed by atoms with van der Waals surface area (Å²) in [5, 5.41) is 6.15. The van der Waals surface area contributed by atoms with Crippen LogP contribution in [0.25, 0.3) is 5.69 Å². The Morgan fingerprint density at radius 3 is 2.73 bits per heavy atom. The summed E-state index contributed by atoms with van der Waals surface area (Å²) in [7, 11) is 0. The minimum atomic E-state index is -0.679. The van der Waals surface area contributed by atoms with Gasteiger partial charge >= 0.3 is 5.69 Å². The largest absolute Gasteiger partial charge is 0.363 e. The molecule has 0 saturated heterocycles. The van der Waals surface area contributed by atoms with Crippen LogP contribution in [0.3, 0.4) is 0 Å². The highest BCUT2D eigenvalue weighted by Crippen LogP contribution is 2.15. The number of aromatic nitrogens is 2. The highest BCUT2D eigenvalue weighted by molar-refractivity contribution is 7.08. The van der Waals surface area contributed by atoms with Gasteiger partial charge in [0.25, 0.3) is 0 Å². The molecule has 0 radical (unpaired) electrons. The van der Waals surface area contributed by atoms with Gasteiger partial charge in [0.2, 0.25) is 0 Å². The van der Waals surface area contributed by atoms with Gasteiger partial charge in [0.15, 0.2) is 11.6 Å². The fraction of sp³-hybridized carbons (Fsp3) is 0.0667. The summed E-state index contributed by atoms with van der Waals surface area (Å²) in [6.07, 6.45) is 1.07. The van der Waals surface area contributed by atoms with Crippen molar-refractivity contribution in [1.29, 1.82) is 0 Å². The summed E-state index contributed by atoms with van der Waals surface area (Å²) in [6.45, 7) is 0.0402. The summed E-state index contributed by atoms with van der Waals surface area (Å²) in [4.78, 5) is 15.6. The van der Waals surface area contributed by atoms with E-state index in [4.69, 9.17) is 0 Å². The van der Waals surface area contributed by atoms with Crippen LogP contribution in [0.15, 0.2) is 52.1 Å². The number of halogens is 2. The Morgan fingerprint density at radius 1 is 1.18 bits per heavy atom. The SMILES string of the molecule is O=c1nc(NCc2ccccc2F)c(F)cn1-c1ccsc1. The minimum absolute atomic E-state index is 0.0402. The van der Waals surface area contributed by atoms with Gasteiger partial charge in [-0.25, -0.2) is 13.6 Å². The van der Waals surface area contributed by atoms with Crippen molar-refractivity contribution in [3.05, 3.63) is 75.0 Å². The molecular weight excluding hydrogens is 308 g/mol. The van der Waals surface area contributed by atoms with Gasteiger partial charge in [-0.2, -0.15) is 16.3 Å². The molecule has 0 amide bonds. The van der Waals surface area contributed by atoms with E-state index in [1.807, 2.05) is 0 Å². The van der Waals surface area contributed by atoms with Gasteiger partial charge in [0, 0.05) is 17.5 Å². The molecular formula is C15H11F2N3OS. The van der Waals surface area contributed by atoms with E-state index >= 15 is 0 Å². The Morgan fingerprint density at radius 2 is 2.00 bits per heavy atom. The first kappa shape index (κ1) is 14.4. The van der Waals surface area contributed by atoms with Crippen molar-refractivity contribution in [3.63, 3.8) is 0 Å². The first-order valence-corrected chi connectivity index (χ1v) is 7.38. The van der Waals surface area contributed by atoms with Crippen LogP contribution in [-0.2, 0) is 6.54 Å². The Bertz CT molecular complexity index is 846. The third-order valence-corrected chi connectivity index (χ3v) is 3.74.